The third kappa shape index (κ3) is 15.1. The summed E-state index contributed by atoms with van der Waals surface area (Å²) in [5.74, 6) is 0. The van der Waals surface area contributed by atoms with Gasteiger partial charge in [0, 0.05) is 20.1 Å². The molecule has 0 saturated heterocycles. The molecule has 0 bridgehead atoms. The number of hydrogen-bond acceptors (Lipinski definition) is 7. The average Bonchev–Trinajstić information content (AvgIpc) is 2.72. The maximum atomic E-state index is 11.9. The highest BCUT2D eigenvalue weighted by Gasteiger charge is 2.15. The van der Waals surface area contributed by atoms with Crippen LogP contribution in [0, 0.1) is 0 Å². The highest BCUT2D eigenvalue weighted by atomic mass is 16.6. The molecule has 0 aliphatic rings. The quantitative estimate of drug-likeness (QED) is 0.445. The third-order valence-corrected chi connectivity index (χ3v) is 3.75. The van der Waals surface area contributed by atoms with E-state index in [1.165, 1.54) is 4.90 Å². The molecule has 0 aliphatic carbocycles. The molecule has 0 unspecified atom stereocenters. The molecule has 1 aromatic carbocycles. The van der Waals surface area contributed by atoms with Gasteiger partial charge in [0.1, 0.15) is 12.2 Å². The highest BCUT2D eigenvalue weighted by molar-refractivity contribution is 5.67. The van der Waals surface area contributed by atoms with E-state index in [1.54, 1.807) is 7.05 Å². The van der Waals surface area contributed by atoms with E-state index in [4.69, 9.17) is 23.7 Å². The van der Waals surface area contributed by atoms with E-state index in [2.05, 4.69) is 5.32 Å². The second-order valence-corrected chi connectivity index (χ2v) is 7.73. The second kappa shape index (κ2) is 15.4. The largest absolute Gasteiger partial charge is 0.445 e. The SMILES string of the molecule is CN(CCOCCOCCOCCNC(=O)OC(C)(C)C)C(=O)OCc1ccccc1. The van der Waals surface area contributed by atoms with Crippen molar-refractivity contribution < 1.29 is 33.3 Å². The number of amides is 2. The molecule has 31 heavy (non-hydrogen) atoms. The first-order chi connectivity index (χ1) is 14.8. The zero-order valence-electron chi connectivity index (χ0n) is 19.1. The van der Waals surface area contributed by atoms with E-state index in [-0.39, 0.29) is 12.7 Å². The molecule has 1 N–H and O–H groups in total. The minimum Gasteiger partial charge on any atom is -0.445 e. The molecule has 0 atom stereocenters. The molecule has 0 aliphatic heterocycles. The molecule has 0 heterocycles. The normalized spacial score (nSPS) is 11.1. The van der Waals surface area contributed by atoms with Crippen molar-refractivity contribution in [3.63, 3.8) is 0 Å². The van der Waals surface area contributed by atoms with Gasteiger partial charge in [0.05, 0.1) is 39.6 Å². The van der Waals surface area contributed by atoms with Crippen LogP contribution in [0.25, 0.3) is 0 Å². The summed E-state index contributed by atoms with van der Waals surface area (Å²) >= 11 is 0. The first-order valence-electron chi connectivity index (χ1n) is 10.4. The molecular formula is C22H36N2O7. The number of likely N-dealkylation sites (N-methyl/N-ethyl adjacent to an activating group) is 1. The number of carbonyl (C=O) groups excluding carboxylic acids is 2. The van der Waals surface area contributed by atoms with Crippen LogP contribution >= 0.6 is 0 Å². The van der Waals surface area contributed by atoms with Crippen molar-refractivity contribution in [2.75, 3.05) is 59.8 Å². The fraction of sp³-hybridized carbons (Fsp3) is 0.636. The van der Waals surface area contributed by atoms with Gasteiger partial charge in [-0.15, -0.1) is 0 Å². The van der Waals surface area contributed by atoms with Crippen molar-refractivity contribution in [2.45, 2.75) is 33.0 Å². The molecule has 176 valence electrons. The monoisotopic (exact) mass is 440 g/mol. The van der Waals surface area contributed by atoms with Crippen molar-refractivity contribution in [3.8, 4) is 0 Å². The van der Waals surface area contributed by atoms with E-state index < -0.39 is 11.7 Å². The summed E-state index contributed by atoms with van der Waals surface area (Å²) in [6.45, 7) is 8.97. The van der Waals surface area contributed by atoms with Gasteiger partial charge in [0.15, 0.2) is 0 Å². The van der Waals surface area contributed by atoms with Crippen LogP contribution in [0.15, 0.2) is 30.3 Å². The number of rotatable bonds is 14. The Morgan fingerprint density at radius 3 is 2.10 bits per heavy atom. The molecule has 0 fully saturated rings. The summed E-state index contributed by atoms with van der Waals surface area (Å²) < 4.78 is 26.6. The number of nitrogens with zero attached hydrogens (tertiary/aromatic N) is 1. The Hall–Kier alpha value is -2.36. The Morgan fingerprint density at radius 2 is 1.48 bits per heavy atom. The van der Waals surface area contributed by atoms with Crippen LogP contribution in [-0.2, 0) is 30.3 Å². The third-order valence-electron chi connectivity index (χ3n) is 3.75. The summed E-state index contributed by atoms with van der Waals surface area (Å²) in [5, 5.41) is 2.61. The lowest BCUT2D eigenvalue weighted by atomic mass is 10.2. The van der Waals surface area contributed by atoms with Crippen LogP contribution in [0.1, 0.15) is 26.3 Å². The number of nitrogens with one attached hydrogen (secondary N) is 1. The van der Waals surface area contributed by atoms with Gasteiger partial charge in [-0.05, 0) is 26.3 Å². The van der Waals surface area contributed by atoms with E-state index in [0.717, 1.165) is 5.56 Å². The molecule has 1 aromatic rings. The lowest BCUT2D eigenvalue weighted by molar-refractivity contribution is 0.0106. The Labute approximate surface area is 184 Å². The fourth-order valence-corrected chi connectivity index (χ4v) is 2.20. The Morgan fingerprint density at radius 1 is 0.903 bits per heavy atom. The molecule has 9 nitrogen and oxygen atoms in total. The number of alkyl carbamates (subject to hydrolysis) is 1. The molecule has 2 amide bonds. The van der Waals surface area contributed by atoms with Gasteiger partial charge in [-0.1, -0.05) is 30.3 Å². The van der Waals surface area contributed by atoms with Crippen LogP contribution in [0.5, 0.6) is 0 Å². The molecule has 0 radical (unpaired) electrons. The molecule has 9 heteroatoms. The van der Waals surface area contributed by atoms with Crippen molar-refractivity contribution >= 4 is 12.2 Å². The van der Waals surface area contributed by atoms with Gasteiger partial charge in [0.2, 0.25) is 0 Å². The van der Waals surface area contributed by atoms with Gasteiger partial charge in [-0.25, -0.2) is 9.59 Å². The van der Waals surface area contributed by atoms with Gasteiger partial charge in [-0.2, -0.15) is 0 Å². The predicted octanol–water partition coefficient (Wildman–Crippen LogP) is 2.83. The van der Waals surface area contributed by atoms with Crippen LogP contribution < -0.4 is 5.32 Å². The molecule has 0 spiro atoms. The summed E-state index contributed by atoms with van der Waals surface area (Å²) in [5.41, 5.74) is 0.433. The zero-order valence-corrected chi connectivity index (χ0v) is 19.1. The molecule has 0 aromatic heterocycles. The van der Waals surface area contributed by atoms with Crippen molar-refractivity contribution in [1.29, 1.82) is 0 Å². The fourth-order valence-electron chi connectivity index (χ4n) is 2.20. The first-order valence-corrected chi connectivity index (χ1v) is 10.4. The summed E-state index contributed by atoms with van der Waals surface area (Å²) in [6, 6.07) is 9.53. The summed E-state index contributed by atoms with van der Waals surface area (Å²) in [6.07, 6.45) is -0.846. The van der Waals surface area contributed by atoms with Gasteiger partial charge in [0.25, 0.3) is 0 Å². The summed E-state index contributed by atoms with van der Waals surface area (Å²) in [7, 11) is 1.67. The predicted molar refractivity (Wildman–Crippen MR) is 116 cm³/mol. The number of hydrogen-bond donors (Lipinski definition) is 1. The topological polar surface area (TPSA) is 95.6 Å². The van der Waals surface area contributed by atoms with Crippen molar-refractivity contribution in [1.82, 2.24) is 10.2 Å². The lowest BCUT2D eigenvalue weighted by Crippen LogP contribution is -2.34. The van der Waals surface area contributed by atoms with Gasteiger partial charge in [-0.3, -0.25) is 0 Å². The minimum absolute atomic E-state index is 0.248. The lowest BCUT2D eigenvalue weighted by Gasteiger charge is -2.19. The smallest absolute Gasteiger partial charge is 0.409 e. The Kier molecular flexibility index (Phi) is 13.3. The van der Waals surface area contributed by atoms with Gasteiger partial charge >= 0.3 is 12.2 Å². The van der Waals surface area contributed by atoms with Crippen LogP contribution in [0.4, 0.5) is 9.59 Å². The first kappa shape index (κ1) is 26.7. The van der Waals surface area contributed by atoms with E-state index in [9.17, 15) is 9.59 Å². The molecular weight excluding hydrogens is 404 g/mol. The summed E-state index contributed by atoms with van der Waals surface area (Å²) in [4.78, 5) is 24.8. The number of carbonyl (C=O) groups is 2. The van der Waals surface area contributed by atoms with Crippen LogP contribution in [0.2, 0.25) is 0 Å². The van der Waals surface area contributed by atoms with Crippen molar-refractivity contribution in [3.05, 3.63) is 35.9 Å². The molecule has 0 saturated carbocycles. The Bertz CT molecular complexity index is 620. The standard InChI is InChI=1S/C22H36N2O7/c1-22(2,3)31-20(25)23-10-12-27-14-16-29-17-15-28-13-11-24(4)21(26)30-18-19-8-6-5-7-9-19/h5-9H,10-18H2,1-4H3,(H,23,25). The Balaban J connectivity index is 1.88. The second-order valence-electron chi connectivity index (χ2n) is 7.73. The molecule has 1 rings (SSSR count). The maximum Gasteiger partial charge on any atom is 0.409 e. The zero-order chi connectivity index (χ0) is 23.0. The number of benzene rings is 1. The van der Waals surface area contributed by atoms with E-state index in [0.29, 0.717) is 52.7 Å². The van der Waals surface area contributed by atoms with Crippen LogP contribution in [-0.4, -0.2) is 82.5 Å². The van der Waals surface area contributed by atoms with Gasteiger partial charge < -0.3 is 33.9 Å². The van der Waals surface area contributed by atoms with E-state index >= 15 is 0 Å². The average molecular weight is 441 g/mol. The minimum atomic E-state index is -0.512. The highest BCUT2D eigenvalue weighted by Crippen LogP contribution is 2.06. The number of ether oxygens (including phenoxy) is 5. The van der Waals surface area contributed by atoms with Crippen molar-refractivity contribution in [2.24, 2.45) is 0 Å². The van der Waals surface area contributed by atoms with E-state index in [1.807, 2.05) is 51.1 Å². The van der Waals surface area contributed by atoms with Crippen LogP contribution in [0.3, 0.4) is 0 Å². The maximum absolute atomic E-state index is 11.9.